The van der Waals surface area contributed by atoms with Crippen LogP contribution in [0.2, 0.25) is 0 Å². The highest BCUT2D eigenvalue weighted by Crippen LogP contribution is 2.25. The molecule has 0 fully saturated rings. The Hall–Kier alpha value is -3.08. The Morgan fingerprint density at radius 1 is 1.27 bits per heavy atom. The zero-order valence-electron chi connectivity index (χ0n) is 15.9. The molecule has 1 aromatic carbocycles. The number of anilines is 1. The molecule has 5 nitrogen and oxygen atoms in total. The molecule has 0 saturated carbocycles. The summed E-state index contributed by atoms with van der Waals surface area (Å²) in [5.74, 6) is 2.28. The van der Waals surface area contributed by atoms with Crippen LogP contribution < -0.4 is 10.1 Å². The first-order chi connectivity index (χ1) is 12.7. The van der Waals surface area contributed by atoms with Crippen LogP contribution in [0.1, 0.15) is 32.2 Å². The van der Waals surface area contributed by atoms with Crippen LogP contribution in [0.25, 0.3) is 11.3 Å². The van der Waals surface area contributed by atoms with E-state index in [1.54, 1.807) is 13.2 Å². The lowest BCUT2D eigenvalue weighted by Gasteiger charge is -2.16. The molecule has 1 N–H and O–H groups in total. The Morgan fingerprint density at radius 2 is 2.00 bits per heavy atom. The quantitative estimate of drug-likeness (QED) is 0.777. The zero-order chi connectivity index (χ0) is 18.9. The molecule has 5 heteroatoms. The number of allylic oxidation sites excluding steroid dienone is 6. The summed E-state index contributed by atoms with van der Waals surface area (Å²) in [4.78, 5) is 4.61. The number of hydrogen-bond acceptors (Lipinski definition) is 4. The number of rotatable bonds is 5. The summed E-state index contributed by atoms with van der Waals surface area (Å²) in [6, 6.07) is 7.94. The third-order valence-corrected chi connectivity index (χ3v) is 3.77. The third-order valence-electron chi connectivity index (χ3n) is 3.77. The van der Waals surface area contributed by atoms with Crippen molar-refractivity contribution in [2.24, 2.45) is 0 Å². The van der Waals surface area contributed by atoms with Gasteiger partial charge in [0.25, 0.3) is 0 Å². The van der Waals surface area contributed by atoms with E-state index in [-0.39, 0.29) is 0 Å². The number of nitrogens with one attached hydrogen (secondary N) is 1. The number of methoxy groups -OCH3 is 1. The minimum atomic E-state index is 0.679. The van der Waals surface area contributed by atoms with Crippen molar-refractivity contribution in [1.29, 1.82) is 0 Å². The summed E-state index contributed by atoms with van der Waals surface area (Å²) < 4.78 is 7.06. The molecular weight excluding hydrogens is 324 g/mol. The topological polar surface area (TPSA) is 52.0 Å². The molecule has 1 aromatic heterocycles. The van der Waals surface area contributed by atoms with Crippen molar-refractivity contribution in [3.8, 4) is 5.75 Å². The van der Waals surface area contributed by atoms with Gasteiger partial charge in [0, 0.05) is 11.3 Å². The second kappa shape index (κ2) is 9.42. The van der Waals surface area contributed by atoms with Crippen molar-refractivity contribution in [2.45, 2.75) is 27.3 Å². The first-order valence-electron chi connectivity index (χ1n) is 8.77. The van der Waals surface area contributed by atoms with E-state index in [2.05, 4.69) is 28.1 Å². The number of ether oxygens (including phenoxy) is 1. The van der Waals surface area contributed by atoms with Crippen molar-refractivity contribution in [3.63, 3.8) is 0 Å². The van der Waals surface area contributed by atoms with Gasteiger partial charge in [-0.05, 0) is 42.8 Å². The van der Waals surface area contributed by atoms with Crippen LogP contribution in [0, 0.1) is 0 Å². The van der Waals surface area contributed by atoms with Crippen LogP contribution in [-0.2, 0) is 6.54 Å². The van der Waals surface area contributed by atoms with Crippen LogP contribution in [0.5, 0.6) is 5.75 Å². The molecular formula is C21H26N4O. The van der Waals surface area contributed by atoms with Crippen molar-refractivity contribution in [3.05, 3.63) is 72.6 Å². The molecule has 0 bridgehead atoms. The third kappa shape index (κ3) is 4.30. The van der Waals surface area contributed by atoms with Crippen molar-refractivity contribution in [2.75, 3.05) is 12.4 Å². The fraction of sp³-hybridized carbons (Fsp3) is 0.238. The largest absolute Gasteiger partial charge is 0.497 e. The van der Waals surface area contributed by atoms with E-state index < -0.39 is 0 Å². The van der Waals surface area contributed by atoms with E-state index in [1.807, 2.05) is 67.9 Å². The van der Waals surface area contributed by atoms with Crippen LogP contribution in [0.4, 0.5) is 5.95 Å². The molecule has 1 aliphatic rings. The SMILES string of the molecule is C=C/C=C\C(=C/C)c1nc2n(n1)CC=C(c1ccc(OC)cc1)N2.CC. The molecule has 0 spiro atoms. The molecule has 2 aromatic rings. The Balaban J connectivity index is 0.00000117. The molecule has 0 radical (unpaired) electrons. The van der Waals surface area contributed by atoms with Gasteiger partial charge in [0.2, 0.25) is 5.95 Å². The van der Waals surface area contributed by atoms with Gasteiger partial charge in [0.1, 0.15) is 5.75 Å². The van der Waals surface area contributed by atoms with Gasteiger partial charge in [-0.1, -0.05) is 44.7 Å². The van der Waals surface area contributed by atoms with E-state index in [0.717, 1.165) is 28.5 Å². The Bertz CT molecular complexity index is 826. The highest BCUT2D eigenvalue weighted by atomic mass is 16.5. The summed E-state index contributed by atoms with van der Waals surface area (Å²) in [6.07, 6.45) is 9.65. The van der Waals surface area contributed by atoms with Crippen LogP contribution >= 0.6 is 0 Å². The van der Waals surface area contributed by atoms with Gasteiger partial charge >= 0.3 is 0 Å². The minimum absolute atomic E-state index is 0.679. The van der Waals surface area contributed by atoms with Crippen LogP contribution in [0.15, 0.2) is 61.2 Å². The number of aromatic nitrogens is 3. The lowest BCUT2D eigenvalue weighted by atomic mass is 10.1. The summed E-state index contributed by atoms with van der Waals surface area (Å²) in [5.41, 5.74) is 3.07. The van der Waals surface area contributed by atoms with E-state index in [9.17, 15) is 0 Å². The maximum Gasteiger partial charge on any atom is 0.226 e. The zero-order valence-corrected chi connectivity index (χ0v) is 15.9. The summed E-state index contributed by atoms with van der Waals surface area (Å²) in [5, 5.41) is 7.90. The van der Waals surface area contributed by atoms with Crippen molar-refractivity contribution < 1.29 is 4.74 Å². The number of fused-ring (bicyclic) bond motifs is 1. The fourth-order valence-electron chi connectivity index (χ4n) is 2.47. The first-order valence-corrected chi connectivity index (χ1v) is 8.77. The monoisotopic (exact) mass is 350 g/mol. The Labute approximate surface area is 155 Å². The predicted molar refractivity (Wildman–Crippen MR) is 109 cm³/mol. The predicted octanol–water partition coefficient (Wildman–Crippen LogP) is 4.93. The van der Waals surface area contributed by atoms with Gasteiger partial charge in [-0.25, -0.2) is 4.68 Å². The molecule has 3 rings (SSSR count). The first kappa shape index (κ1) is 19.2. The Morgan fingerprint density at radius 3 is 2.62 bits per heavy atom. The van der Waals surface area contributed by atoms with Crippen molar-refractivity contribution >= 4 is 17.2 Å². The number of benzene rings is 1. The molecule has 136 valence electrons. The average Bonchev–Trinajstić information content (AvgIpc) is 3.13. The molecule has 0 saturated heterocycles. The number of nitrogens with zero attached hydrogens (tertiary/aromatic N) is 3. The second-order valence-corrected chi connectivity index (χ2v) is 5.25. The van der Waals surface area contributed by atoms with Gasteiger partial charge in [-0.15, -0.1) is 5.10 Å². The minimum Gasteiger partial charge on any atom is -0.497 e. The van der Waals surface area contributed by atoms with Gasteiger partial charge in [-0.3, -0.25) is 0 Å². The van der Waals surface area contributed by atoms with Gasteiger partial charge in [0.15, 0.2) is 5.82 Å². The standard InChI is InChI=1S/C19H20N4O.C2H6/c1-4-6-7-14(5-2)18-21-19-20-17(12-13-23(19)22-18)15-8-10-16(24-3)11-9-15;1-2/h4-12H,1,13H2,2-3H3,(H,20,21,22);1-2H3/b7-6-,14-5+;. The molecule has 1 aliphatic heterocycles. The molecule has 0 aliphatic carbocycles. The maximum absolute atomic E-state index is 5.20. The second-order valence-electron chi connectivity index (χ2n) is 5.25. The van der Waals surface area contributed by atoms with Crippen LogP contribution in [-0.4, -0.2) is 21.9 Å². The molecule has 0 unspecified atom stereocenters. The molecule has 0 amide bonds. The smallest absolute Gasteiger partial charge is 0.226 e. The van der Waals surface area contributed by atoms with Gasteiger partial charge < -0.3 is 10.1 Å². The molecule has 0 atom stereocenters. The summed E-state index contributed by atoms with van der Waals surface area (Å²) >= 11 is 0. The summed E-state index contributed by atoms with van der Waals surface area (Å²) in [7, 11) is 1.66. The molecule has 2 heterocycles. The molecule has 26 heavy (non-hydrogen) atoms. The highest BCUT2D eigenvalue weighted by molar-refractivity contribution is 5.77. The van der Waals surface area contributed by atoms with Crippen molar-refractivity contribution in [1.82, 2.24) is 14.8 Å². The fourth-order valence-corrected chi connectivity index (χ4v) is 2.47. The lowest BCUT2D eigenvalue weighted by molar-refractivity contribution is 0.415. The average molecular weight is 350 g/mol. The normalized spacial score (nSPS) is 13.2. The van der Waals surface area contributed by atoms with Gasteiger partial charge in [-0.2, -0.15) is 4.98 Å². The lowest BCUT2D eigenvalue weighted by Crippen LogP contribution is -2.13. The van der Waals surface area contributed by atoms with E-state index in [1.165, 1.54) is 0 Å². The summed E-state index contributed by atoms with van der Waals surface area (Å²) in [6.45, 7) is 10.3. The van der Waals surface area contributed by atoms with Gasteiger partial charge in [0.05, 0.1) is 13.7 Å². The highest BCUT2D eigenvalue weighted by Gasteiger charge is 2.17. The van der Waals surface area contributed by atoms with Crippen LogP contribution in [0.3, 0.4) is 0 Å². The van der Waals surface area contributed by atoms with E-state index >= 15 is 0 Å². The maximum atomic E-state index is 5.20. The Kier molecular flexibility index (Phi) is 6.97. The van der Waals surface area contributed by atoms with E-state index in [4.69, 9.17) is 4.74 Å². The number of hydrogen-bond donors (Lipinski definition) is 1. The van der Waals surface area contributed by atoms with E-state index in [0.29, 0.717) is 12.4 Å².